The van der Waals surface area contributed by atoms with Gasteiger partial charge in [0.2, 0.25) is 0 Å². The Morgan fingerprint density at radius 2 is 0.491 bits per heavy atom. The predicted molar refractivity (Wildman–Crippen MR) is 198 cm³/mol. The molecule has 0 saturated heterocycles. The minimum atomic E-state index is -0.191. The summed E-state index contributed by atoms with van der Waals surface area (Å²) in [4.78, 5) is 22.9. The Balaban J connectivity index is 3.11. The van der Waals surface area contributed by atoms with Gasteiger partial charge in [0, 0.05) is 12.8 Å². The highest BCUT2D eigenvalue weighted by Crippen LogP contribution is 2.08. The molecule has 0 aliphatic carbocycles. The van der Waals surface area contributed by atoms with Gasteiger partial charge in [-0.2, -0.15) is 0 Å². The molecule has 15 heteroatoms. The number of carbonyl (C=O) groups is 2. The number of ether oxygens (including phenoxy) is 13. The summed E-state index contributed by atoms with van der Waals surface area (Å²) in [5.41, 5.74) is 0. The van der Waals surface area contributed by atoms with Crippen LogP contribution in [0.1, 0.15) is 78.1 Å². The lowest BCUT2D eigenvalue weighted by atomic mass is 10.1. The van der Waals surface area contributed by atoms with Crippen molar-refractivity contribution in [2.45, 2.75) is 78.1 Å². The summed E-state index contributed by atoms with van der Waals surface area (Å²) in [7, 11) is 0. The Morgan fingerprint density at radius 3 is 0.755 bits per heavy atom. The molecule has 316 valence electrons. The molecule has 0 N–H and O–H groups in total. The fourth-order valence-corrected chi connectivity index (χ4v) is 4.30. The van der Waals surface area contributed by atoms with Gasteiger partial charge in [-0.25, -0.2) is 0 Å². The average molecular weight is 771 g/mol. The lowest BCUT2D eigenvalue weighted by Crippen LogP contribution is -2.16. The number of rotatable bonds is 46. The number of carbonyl (C=O) groups excluding carboxylic acids is 2. The molecule has 0 aromatic carbocycles. The molecular weight excluding hydrogens is 696 g/mol. The molecule has 0 amide bonds. The molecule has 0 fully saturated rings. The van der Waals surface area contributed by atoms with Crippen molar-refractivity contribution in [3.05, 3.63) is 0 Å². The first-order valence-electron chi connectivity index (χ1n) is 19.9. The molecule has 0 aromatic heterocycles. The van der Waals surface area contributed by atoms with Crippen LogP contribution in [0.25, 0.3) is 0 Å². The monoisotopic (exact) mass is 771 g/mol. The topological polar surface area (TPSA) is 154 Å². The number of esters is 2. The fraction of sp³-hybridized carbons (Fsp3) is 0.947. The third-order valence-electron chi connectivity index (χ3n) is 7.14. The largest absolute Gasteiger partial charge is 0.463 e. The van der Waals surface area contributed by atoms with Gasteiger partial charge < -0.3 is 61.6 Å². The van der Waals surface area contributed by atoms with Crippen LogP contribution < -0.4 is 0 Å². The first-order valence-corrected chi connectivity index (χ1v) is 19.9. The summed E-state index contributed by atoms with van der Waals surface area (Å²) < 4.78 is 70.2. The summed E-state index contributed by atoms with van der Waals surface area (Å²) in [5, 5.41) is 0. The minimum absolute atomic E-state index is 0.144. The van der Waals surface area contributed by atoms with E-state index in [9.17, 15) is 9.59 Å². The van der Waals surface area contributed by atoms with E-state index in [0.717, 1.165) is 19.3 Å². The van der Waals surface area contributed by atoms with Crippen LogP contribution >= 0.6 is 0 Å². The minimum Gasteiger partial charge on any atom is -0.463 e. The van der Waals surface area contributed by atoms with Crippen molar-refractivity contribution in [3.63, 3.8) is 0 Å². The van der Waals surface area contributed by atoms with Crippen molar-refractivity contribution in [2.75, 3.05) is 159 Å². The molecule has 0 saturated carbocycles. The summed E-state index contributed by atoms with van der Waals surface area (Å²) >= 11 is 0. The van der Waals surface area contributed by atoms with Crippen LogP contribution in [0.15, 0.2) is 0 Å². The zero-order chi connectivity index (χ0) is 38.4. The van der Waals surface area contributed by atoms with E-state index in [1.165, 1.54) is 32.1 Å². The van der Waals surface area contributed by atoms with Crippen molar-refractivity contribution in [3.8, 4) is 0 Å². The third kappa shape index (κ3) is 46.6. The van der Waals surface area contributed by atoms with E-state index in [4.69, 9.17) is 61.6 Å². The van der Waals surface area contributed by atoms with E-state index >= 15 is 0 Å². The fourth-order valence-electron chi connectivity index (χ4n) is 4.30. The molecular formula is C38H74O15. The van der Waals surface area contributed by atoms with Gasteiger partial charge in [0.15, 0.2) is 0 Å². The quantitative estimate of drug-likeness (QED) is 0.0642. The van der Waals surface area contributed by atoms with E-state index < -0.39 is 0 Å². The second kappa shape index (κ2) is 46.7. The maximum absolute atomic E-state index is 11.7. The molecule has 0 aliphatic heterocycles. The Hall–Kier alpha value is -1.50. The van der Waals surface area contributed by atoms with Crippen molar-refractivity contribution in [2.24, 2.45) is 0 Å². The molecule has 15 nitrogen and oxygen atoms in total. The molecule has 0 heterocycles. The lowest BCUT2D eigenvalue weighted by Gasteiger charge is -2.09. The van der Waals surface area contributed by atoms with Gasteiger partial charge in [0.1, 0.15) is 13.2 Å². The summed E-state index contributed by atoms with van der Waals surface area (Å²) in [6.45, 7) is 15.1. The van der Waals surface area contributed by atoms with Crippen molar-refractivity contribution in [1.82, 2.24) is 0 Å². The third-order valence-corrected chi connectivity index (χ3v) is 7.14. The zero-order valence-electron chi connectivity index (χ0n) is 33.2. The Bertz CT molecular complexity index is 732. The van der Waals surface area contributed by atoms with Crippen molar-refractivity contribution in [1.29, 1.82) is 0 Å². The summed E-state index contributed by atoms with van der Waals surface area (Å²) in [6, 6.07) is 0. The van der Waals surface area contributed by atoms with E-state index in [1.807, 2.05) is 6.92 Å². The van der Waals surface area contributed by atoms with Gasteiger partial charge in [0.25, 0.3) is 0 Å². The molecule has 0 atom stereocenters. The van der Waals surface area contributed by atoms with Gasteiger partial charge in [0.05, 0.1) is 145 Å². The van der Waals surface area contributed by atoms with E-state index in [2.05, 4.69) is 6.92 Å². The summed E-state index contributed by atoms with van der Waals surface area (Å²) in [6.07, 6.45) is 9.99. The molecule has 0 radical (unpaired) electrons. The Morgan fingerprint density at radius 1 is 0.264 bits per heavy atom. The van der Waals surface area contributed by atoms with Gasteiger partial charge in [-0.15, -0.1) is 0 Å². The van der Waals surface area contributed by atoms with Crippen LogP contribution in [-0.2, 0) is 71.2 Å². The first kappa shape index (κ1) is 51.5. The highest BCUT2D eigenvalue weighted by atomic mass is 16.6. The number of unbranched alkanes of at least 4 members (excludes halogenated alkanes) is 6. The van der Waals surface area contributed by atoms with Crippen LogP contribution in [-0.4, -0.2) is 171 Å². The van der Waals surface area contributed by atoms with Gasteiger partial charge >= 0.3 is 11.9 Å². The molecule has 0 unspecified atom stereocenters. The second-order valence-electron chi connectivity index (χ2n) is 11.8. The van der Waals surface area contributed by atoms with Crippen LogP contribution in [0.5, 0.6) is 0 Å². The van der Waals surface area contributed by atoms with Crippen LogP contribution in [0.2, 0.25) is 0 Å². The van der Waals surface area contributed by atoms with Crippen molar-refractivity contribution < 1.29 is 71.2 Å². The summed E-state index contributed by atoms with van der Waals surface area (Å²) in [5.74, 6) is -0.335. The molecule has 0 rings (SSSR count). The van der Waals surface area contributed by atoms with Gasteiger partial charge in [-0.3, -0.25) is 9.59 Å². The molecule has 53 heavy (non-hydrogen) atoms. The average Bonchev–Trinajstić information content (AvgIpc) is 3.15. The van der Waals surface area contributed by atoms with Crippen LogP contribution in [0.3, 0.4) is 0 Å². The first-order chi connectivity index (χ1) is 26.2. The van der Waals surface area contributed by atoms with Gasteiger partial charge in [-0.05, 0) is 12.8 Å². The Kier molecular flexibility index (Phi) is 45.3. The molecule has 0 aliphatic rings. The van der Waals surface area contributed by atoms with Crippen LogP contribution in [0, 0.1) is 0 Å². The Labute approximate surface area is 319 Å². The maximum Gasteiger partial charge on any atom is 0.305 e. The van der Waals surface area contributed by atoms with E-state index in [0.29, 0.717) is 158 Å². The SMILES string of the molecule is CCCCCCCCCC(=O)OCCOCCOCCOCCOCCOCCOCCOCCOCCOCCOCCOCCOC(=O)CCC. The van der Waals surface area contributed by atoms with Gasteiger partial charge in [-0.1, -0.05) is 52.4 Å². The molecule has 0 bridgehead atoms. The smallest absolute Gasteiger partial charge is 0.305 e. The highest BCUT2D eigenvalue weighted by molar-refractivity contribution is 5.69. The maximum atomic E-state index is 11.7. The number of hydrogen-bond donors (Lipinski definition) is 0. The van der Waals surface area contributed by atoms with Crippen molar-refractivity contribution >= 4 is 11.9 Å². The highest BCUT2D eigenvalue weighted by Gasteiger charge is 2.03. The normalized spacial score (nSPS) is 11.4. The van der Waals surface area contributed by atoms with Crippen LogP contribution in [0.4, 0.5) is 0 Å². The van der Waals surface area contributed by atoms with E-state index in [1.54, 1.807) is 0 Å². The standard InChI is InChI=1S/C38H74O15/c1-3-5-6-7-8-9-10-12-38(40)53-36-34-51-32-30-49-28-26-47-24-22-45-20-18-43-16-14-41-13-15-42-17-19-44-21-23-46-25-27-48-29-31-50-33-35-52-37(39)11-4-2/h3-36H2,1-2H3. The van der Waals surface area contributed by atoms with E-state index in [-0.39, 0.29) is 25.2 Å². The molecule has 0 aromatic rings. The molecule has 0 spiro atoms. The number of hydrogen-bond acceptors (Lipinski definition) is 15. The zero-order valence-corrected chi connectivity index (χ0v) is 33.2. The second-order valence-corrected chi connectivity index (χ2v) is 11.8. The lowest BCUT2D eigenvalue weighted by molar-refractivity contribution is -0.146. The predicted octanol–water partition coefficient (Wildman–Crippen LogP) is 4.20.